The summed E-state index contributed by atoms with van der Waals surface area (Å²) in [5.41, 5.74) is 2.45. The van der Waals surface area contributed by atoms with Crippen molar-refractivity contribution in [3.63, 3.8) is 0 Å². The predicted molar refractivity (Wildman–Crippen MR) is 137 cm³/mol. The van der Waals surface area contributed by atoms with Crippen LogP contribution in [-0.2, 0) is 16.0 Å². The minimum absolute atomic E-state index is 0.0312. The summed E-state index contributed by atoms with van der Waals surface area (Å²) < 4.78 is -0.544. The third kappa shape index (κ3) is 4.95. The smallest absolute Gasteiger partial charge is 0.256 e. The van der Waals surface area contributed by atoms with E-state index in [-0.39, 0.29) is 35.6 Å². The highest BCUT2D eigenvalue weighted by atomic mass is 32.2. The number of carbonyl (C=O) groups excluding carboxylic acids is 3. The normalized spacial score (nSPS) is 21.9. The number of nitrogens with zero attached hydrogens (tertiary/aromatic N) is 1. The predicted octanol–water partition coefficient (Wildman–Crippen LogP) is 2.90. The van der Waals surface area contributed by atoms with Crippen LogP contribution >= 0.6 is 11.8 Å². The molecule has 2 aromatic carbocycles. The number of benzene rings is 2. The zero-order valence-corrected chi connectivity index (χ0v) is 21.3. The molecule has 2 heterocycles. The fraction of sp³-hybridized carbons (Fsp3) is 0.444. The van der Waals surface area contributed by atoms with Crippen molar-refractivity contribution >= 4 is 29.5 Å². The molecule has 0 bridgehead atoms. The van der Waals surface area contributed by atoms with Gasteiger partial charge in [0, 0.05) is 16.7 Å². The van der Waals surface area contributed by atoms with Crippen LogP contribution < -0.4 is 10.6 Å². The van der Waals surface area contributed by atoms with Crippen molar-refractivity contribution in [2.75, 3.05) is 6.61 Å². The van der Waals surface area contributed by atoms with Gasteiger partial charge in [0.15, 0.2) is 0 Å². The van der Waals surface area contributed by atoms with Gasteiger partial charge in [0.25, 0.3) is 5.91 Å². The van der Waals surface area contributed by atoms with Crippen LogP contribution in [0.2, 0.25) is 0 Å². The molecule has 2 aliphatic heterocycles. The van der Waals surface area contributed by atoms with E-state index in [1.165, 1.54) is 0 Å². The number of amides is 3. The van der Waals surface area contributed by atoms with E-state index in [9.17, 15) is 19.5 Å². The largest absolute Gasteiger partial charge is 0.394 e. The zero-order chi connectivity index (χ0) is 25.3. The van der Waals surface area contributed by atoms with Gasteiger partial charge in [-0.05, 0) is 37.0 Å². The number of fused-ring (bicyclic) bond motifs is 3. The number of rotatable bonds is 8. The first-order valence-electron chi connectivity index (χ1n) is 12.0. The lowest BCUT2D eigenvalue weighted by atomic mass is 9.98. The summed E-state index contributed by atoms with van der Waals surface area (Å²) in [7, 11) is 0. The molecule has 0 unspecified atom stereocenters. The van der Waals surface area contributed by atoms with Gasteiger partial charge in [-0.15, -0.1) is 11.8 Å². The molecule has 0 radical (unpaired) electrons. The quantitative estimate of drug-likeness (QED) is 0.523. The molecule has 3 amide bonds. The van der Waals surface area contributed by atoms with Crippen molar-refractivity contribution < 1.29 is 19.5 Å². The number of carbonyl (C=O) groups is 3. The molecule has 1 fully saturated rings. The molecular formula is C27H33N3O4S. The monoisotopic (exact) mass is 495 g/mol. The molecule has 4 atom stereocenters. The molecule has 0 aliphatic carbocycles. The Bertz CT molecular complexity index is 1100. The Labute approximate surface area is 210 Å². The molecule has 8 heteroatoms. The Morgan fingerprint density at radius 1 is 1.06 bits per heavy atom. The van der Waals surface area contributed by atoms with Gasteiger partial charge in [-0.3, -0.25) is 14.4 Å². The molecular weight excluding hydrogens is 462 g/mol. The molecule has 0 spiro atoms. The van der Waals surface area contributed by atoms with Crippen molar-refractivity contribution in [1.29, 1.82) is 0 Å². The molecule has 4 rings (SSSR count). The van der Waals surface area contributed by atoms with Crippen LogP contribution in [0, 0.1) is 5.92 Å². The van der Waals surface area contributed by atoms with E-state index in [1.807, 2.05) is 76.2 Å². The van der Waals surface area contributed by atoms with Crippen molar-refractivity contribution in [3.8, 4) is 0 Å². The minimum Gasteiger partial charge on any atom is -0.394 e. The Kier molecular flexibility index (Phi) is 7.24. The fourth-order valence-electron chi connectivity index (χ4n) is 4.82. The first-order valence-corrected chi connectivity index (χ1v) is 12.9. The van der Waals surface area contributed by atoms with E-state index in [0.29, 0.717) is 12.0 Å². The topological polar surface area (TPSA) is 98.7 Å². The van der Waals surface area contributed by atoms with E-state index in [2.05, 4.69) is 10.6 Å². The van der Waals surface area contributed by atoms with Crippen LogP contribution in [0.25, 0.3) is 0 Å². The average molecular weight is 496 g/mol. The van der Waals surface area contributed by atoms with Gasteiger partial charge in [0.05, 0.1) is 12.6 Å². The first-order chi connectivity index (χ1) is 16.6. The van der Waals surface area contributed by atoms with Gasteiger partial charge < -0.3 is 20.6 Å². The Balaban J connectivity index is 1.59. The summed E-state index contributed by atoms with van der Waals surface area (Å²) in [6.07, 6.45) is 0.298. The number of aliphatic hydroxyl groups is 1. The molecule has 2 aliphatic rings. The summed E-state index contributed by atoms with van der Waals surface area (Å²) in [5, 5.41) is 15.3. The molecule has 35 heavy (non-hydrogen) atoms. The summed E-state index contributed by atoms with van der Waals surface area (Å²) in [4.78, 5) is 42.0. The van der Waals surface area contributed by atoms with Gasteiger partial charge in [0.1, 0.15) is 17.5 Å². The highest BCUT2D eigenvalue weighted by molar-refractivity contribution is 8.01. The highest BCUT2D eigenvalue weighted by Gasteiger charge is 2.57. The van der Waals surface area contributed by atoms with E-state index >= 15 is 0 Å². The maximum atomic E-state index is 13.7. The van der Waals surface area contributed by atoms with Gasteiger partial charge in [-0.2, -0.15) is 0 Å². The number of hydrogen-bond donors (Lipinski definition) is 3. The van der Waals surface area contributed by atoms with Crippen molar-refractivity contribution in [3.05, 3.63) is 71.3 Å². The third-order valence-corrected chi connectivity index (χ3v) is 8.32. The van der Waals surface area contributed by atoms with Crippen LogP contribution in [0.1, 0.15) is 54.6 Å². The summed E-state index contributed by atoms with van der Waals surface area (Å²) >= 11 is 1.59. The fourth-order valence-corrected chi connectivity index (χ4v) is 6.41. The summed E-state index contributed by atoms with van der Waals surface area (Å²) in [5.74, 6) is -0.838. The van der Waals surface area contributed by atoms with Gasteiger partial charge in [0.2, 0.25) is 11.8 Å². The second-order valence-electron chi connectivity index (χ2n) is 10.1. The second-order valence-corrected chi connectivity index (χ2v) is 11.8. The Hall–Kier alpha value is -2.84. The number of nitrogens with one attached hydrogen (secondary N) is 2. The standard InChI is InChI=1S/C27H33N3O4S/c1-16(2)21(15-31)29-23(32)20(14-17-10-6-5-7-11-17)28-24(33)22-27(3,4)35-26-19-13-9-8-12-18(19)25(34)30(22)26/h5-13,16,20-22,26,31H,14-15H2,1-4H3,(H,28,33)(H,29,32)/t20-,21+,22-,26-/m0/s1. The number of hydrogen-bond acceptors (Lipinski definition) is 5. The molecule has 0 aromatic heterocycles. The summed E-state index contributed by atoms with van der Waals surface area (Å²) in [6, 6.07) is 15.0. The molecule has 0 saturated carbocycles. The van der Waals surface area contributed by atoms with Gasteiger partial charge in [-0.25, -0.2) is 0 Å². The highest BCUT2D eigenvalue weighted by Crippen LogP contribution is 2.56. The lowest BCUT2D eigenvalue weighted by Crippen LogP contribution is -2.58. The second kappa shape index (κ2) is 10.0. The lowest BCUT2D eigenvalue weighted by Gasteiger charge is -2.31. The van der Waals surface area contributed by atoms with E-state index in [4.69, 9.17) is 0 Å². The maximum Gasteiger partial charge on any atom is 0.256 e. The van der Waals surface area contributed by atoms with Crippen molar-refractivity contribution in [2.45, 2.75) is 62.4 Å². The van der Waals surface area contributed by atoms with Crippen LogP contribution in [0.15, 0.2) is 54.6 Å². The van der Waals surface area contributed by atoms with Crippen LogP contribution in [0.4, 0.5) is 0 Å². The maximum absolute atomic E-state index is 13.7. The number of aliphatic hydroxyl groups excluding tert-OH is 1. The van der Waals surface area contributed by atoms with Crippen LogP contribution in [0.5, 0.6) is 0 Å². The minimum atomic E-state index is -0.849. The average Bonchev–Trinajstić information content (AvgIpc) is 3.26. The Morgan fingerprint density at radius 3 is 2.37 bits per heavy atom. The van der Waals surface area contributed by atoms with E-state index in [1.54, 1.807) is 22.7 Å². The molecule has 186 valence electrons. The third-order valence-electron chi connectivity index (χ3n) is 6.79. The van der Waals surface area contributed by atoms with Gasteiger partial charge in [-0.1, -0.05) is 62.4 Å². The van der Waals surface area contributed by atoms with Crippen molar-refractivity contribution in [1.82, 2.24) is 15.5 Å². The van der Waals surface area contributed by atoms with Crippen LogP contribution in [-0.4, -0.2) is 57.2 Å². The first kappa shape index (κ1) is 25.3. The molecule has 7 nitrogen and oxygen atoms in total. The van der Waals surface area contributed by atoms with Crippen LogP contribution in [0.3, 0.4) is 0 Å². The Morgan fingerprint density at radius 2 is 1.71 bits per heavy atom. The zero-order valence-electron chi connectivity index (χ0n) is 20.5. The van der Waals surface area contributed by atoms with Gasteiger partial charge >= 0.3 is 0 Å². The molecule has 2 aromatic rings. The molecule has 3 N–H and O–H groups in total. The SMILES string of the molecule is CC(C)[C@@H](CO)NC(=O)[C@H](Cc1ccccc1)NC(=O)[C@@H]1N2C(=O)c3ccccc3[C@@H]2SC1(C)C. The number of thioether (sulfide) groups is 1. The van der Waals surface area contributed by atoms with E-state index in [0.717, 1.165) is 11.1 Å². The van der Waals surface area contributed by atoms with Crippen molar-refractivity contribution in [2.24, 2.45) is 5.92 Å². The lowest BCUT2D eigenvalue weighted by molar-refractivity contribution is -0.132. The molecule has 1 saturated heterocycles. The van der Waals surface area contributed by atoms with E-state index < -0.39 is 22.9 Å². The summed E-state index contributed by atoms with van der Waals surface area (Å²) in [6.45, 7) is 7.57.